The highest BCUT2D eigenvalue weighted by molar-refractivity contribution is 5.78. The molecular formula is C15H17FN4O. The molecule has 1 aliphatic rings. The standard InChI is InChI=1S/C15H17FN4O/c1-10(19-9-3-4-14(19)21)15-17-11(2)18-20(15)13-7-5-12(16)6-8-13/h5-8,10H,3-4,9H2,1-2H3. The number of carbonyl (C=O) groups is 1. The first-order valence-electron chi connectivity index (χ1n) is 7.05. The molecule has 1 saturated heterocycles. The second kappa shape index (κ2) is 5.27. The predicted molar refractivity (Wildman–Crippen MR) is 75.4 cm³/mol. The summed E-state index contributed by atoms with van der Waals surface area (Å²) in [5, 5.41) is 4.37. The average Bonchev–Trinajstić information content (AvgIpc) is 3.05. The van der Waals surface area contributed by atoms with E-state index in [0.717, 1.165) is 18.7 Å². The fourth-order valence-corrected chi connectivity index (χ4v) is 2.69. The van der Waals surface area contributed by atoms with E-state index in [2.05, 4.69) is 10.1 Å². The Labute approximate surface area is 122 Å². The van der Waals surface area contributed by atoms with Crippen molar-refractivity contribution in [1.82, 2.24) is 19.7 Å². The Balaban J connectivity index is 1.99. The van der Waals surface area contributed by atoms with E-state index in [0.29, 0.717) is 18.1 Å². The van der Waals surface area contributed by atoms with Gasteiger partial charge in [0, 0.05) is 13.0 Å². The number of nitrogens with zero attached hydrogens (tertiary/aromatic N) is 4. The van der Waals surface area contributed by atoms with Gasteiger partial charge >= 0.3 is 0 Å². The summed E-state index contributed by atoms with van der Waals surface area (Å²) in [7, 11) is 0. The number of likely N-dealkylation sites (tertiary alicyclic amines) is 1. The van der Waals surface area contributed by atoms with Crippen LogP contribution in [-0.4, -0.2) is 32.1 Å². The van der Waals surface area contributed by atoms with Gasteiger partial charge < -0.3 is 4.90 Å². The van der Waals surface area contributed by atoms with Crippen LogP contribution in [0.15, 0.2) is 24.3 Å². The van der Waals surface area contributed by atoms with Crippen LogP contribution < -0.4 is 0 Å². The zero-order chi connectivity index (χ0) is 15.0. The second-order valence-corrected chi connectivity index (χ2v) is 5.27. The minimum Gasteiger partial charge on any atom is -0.333 e. The van der Waals surface area contributed by atoms with E-state index in [1.54, 1.807) is 16.8 Å². The molecule has 0 radical (unpaired) electrons. The Morgan fingerprint density at radius 2 is 2.00 bits per heavy atom. The van der Waals surface area contributed by atoms with Crippen molar-refractivity contribution in [3.05, 3.63) is 41.7 Å². The number of carbonyl (C=O) groups excluding carboxylic acids is 1. The van der Waals surface area contributed by atoms with E-state index < -0.39 is 0 Å². The first-order chi connectivity index (χ1) is 10.1. The van der Waals surface area contributed by atoms with E-state index in [-0.39, 0.29) is 17.8 Å². The third kappa shape index (κ3) is 2.53. The van der Waals surface area contributed by atoms with Crippen molar-refractivity contribution in [2.75, 3.05) is 6.54 Å². The lowest BCUT2D eigenvalue weighted by Crippen LogP contribution is -2.29. The van der Waals surface area contributed by atoms with E-state index in [1.165, 1.54) is 12.1 Å². The summed E-state index contributed by atoms with van der Waals surface area (Å²) >= 11 is 0. The molecule has 1 aromatic heterocycles. The molecule has 21 heavy (non-hydrogen) atoms. The van der Waals surface area contributed by atoms with Crippen molar-refractivity contribution in [2.45, 2.75) is 32.7 Å². The van der Waals surface area contributed by atoms with Crippen molar-refractivity contribution in [3.63, 3.8) is 0 Å². The van der Waals surface area contributed by atoms with Gasteiger partial charge in [0.25, 0.3) is 0 Å². The minimum absolute atomic E-state index is 0.147. The highest BCUT2D eigenvalue weighted by atomic mass is 19.1. The Morgan fingerprint density at radius 1 is 1.29 bits per heavy atom. The van der Waals surface area contributed by atoms with Crippen LogP contribution in [0.2, 0.25) is 0 Å². The van der Waals surface area contributed by atoms with E-state index in [4.69, 9.17) is 0 Å². The lowest BCUT2D eigenvalue weighted by Gasteiger charge is -2.23. The monoisotopic (exact) mass is 288 g/mol. The van der Waals surface area contributed by atoms with Gasteiger partial charge in [-0.05, 0) is 44.5 Å². The van der Waals surface area contributed by atoms with Crippen LogP contribution in [0.5, 0.6) is 0 Å². The van der Waals surface area contributed by atoms with Gasteiger partial charge in [-0.25, -0.2) is 14.1 Å². The summed E-state index contributed by atoms with van der Waals surface area (Å²) in [5.74, 6) is 1.19. The summed E-state index contributed by atoms with van der Waals surface area (Å²) in [5.41, 5.74) is 0.741. The molecule has 110 valence electrons. The lowest BCUT2D eigenvalue weighted by atomic mass is 10.2. The molecule has 1 aromatic carbocycles. The third-order valence-corrected chi connectivity index (χ3v) is 3.76. The van der Waals surface area contributed by atoms with Crippen LogP contribution in [0, 0.1) is 12.7 Å². The minimum atomic E-state index is -0.292. The fraction of sp³-hybridized carbons (Fsp3) is 0.400. The van der Waals surface area contributed by atoms with Gasteiger partial charge in [0.1, 0.15) is 11.6 Å². The van der Waals surface area contributed by atoms with E-state index in [1.807, 2.05) is 18.7 Å². The Bertz CT molecular complexity index is 665. The van der Waals surface area contributed by atoms with Crippen LogP contribution >= 0.6 is 0 Å². The zero-order valence-corrected chi connectivity index (χ0v) is 12.1. The second-order valence-electron chi connectivity index (χ2n) is 5.27. The highest BCUT2D eigenvalue weighted by Crippen LogP contribution is 2.26. The third-order valence-electron chi connectivity index (χ3n) is 3.76. The fourth-order valence-electron chi connectivity index (χ4n) is 2.69. The van der Waals surface area contributed by atoms with Gasteiger partial charge in [0.05, 0.1) is 11.7 Å². The SMILES string of the molecule is Cc1nc(C(C)N2CCCC2=O)n(-c2ccc(F)cc2)n1. The van der Waals surface area contributed by atoms with Crippen molar-refractivity contribution in [2.24, 2.45) is 0 Å². The van der Waals surface area contributed by atoms with Crippen molar-refractivity contribution >= 4 is 5.91 Å². The molecule has 0 N–H and O–H groups in total. The first kappa shape index (κ1) is 13.7. The number of amides is 1. The molecule has 2 aromatic rings. The maximum absolute atomic E-state index is 13.1. The van der Waals surface area contributed by atoms with Crippen LogP contribution in [0.25, 0.3) is 5.69 Å². The summed E-state index contributed by atoms with van der Waals surface area (Å²) in [6, 6.07) is 5.95. The largest absolute Gasteiger partial charge is 0.333 e. The van der Waals surface area contributed by atoms with Crippen molar-refractivity contribution in [1.29, 1.82) is 0 Å². The molecule has 5 nitrogen and oxygen atoms in total. The average molecular weight is 288 g/mol. The normalized spacial score (nSPS) is 16.5. The summed E-state index contributed by atoms with van der Waals surface area (Å²) < 4.78 is 14.8. The van der Waals surface area contributed by atoms with E-state index in [9.17, 15) is 9.18 Å². The number of hydrogen-bond donors (Lipinski definition) is 0. The topological polar surface area (TPSA) is 51.0 Å². The van der Waals surface area contributed by atoms with Crippen LogP contribution in [0.4, 0.5) is 4.39 Å². The molecule has 0 aliphatic carbocycles. The smallest absolute Gasteiger partial charge is 0.223 e. The number of benzene rings is 1. The molecule has 1 unspecified atom stereocenters. The quantitative estimate of drug-likeness (QED) is 0.871. The maximum Gasteiger partial charge on any atom is 0.223 e. The summed E-state index contributed by atoms with van der Waals surface area (Å²) in [6.45, 7) is 4.50. The molecule has 0 spiro atoms. The number of rotatable bonds is 3. The van der Waals surface area contributed by atoms with Gasteiger partial charge in [0.2, 0.25) is 5.91 Å². The first-order valence-corrected chi connectivity index (χ1v) is 7.05. The van der Waals surface area contributed by atoms with Crippen LogP contribution in [0.3, 0.4) is 0 Å². The van der Waals surface area contributed by atoms with Gasteiger partial charge in [-0.1, -0.05) is 0 Å². The highest BCUT2D eigenvalue weighted by Gasteiger charge is 2.29. The zero-order valence-electron chi connectivity index (χ0n) is 12.1. The molecule has 6 heteroatoms. The number of aromatic nitrogens is 3. The number of aryl methyl sites for hydroxylation is 1. The Morgan fingerprint density at radius 3 is 2.62 bits per heavy atom. The van der Waals surface area contributed by atoms with Gasteiger partial charge in [-0.3, -0.25) is 4.79 Å². The van der Waals surface area contributed by atoms with Crippen molar-refractivity contribution < 1.29 is 9.18 Å². The van der Waals surface area contributed by atoms with E-state index >= 15 is 0 Å². The van der Waals surface area contributed by atoms with Crippen LogP contribution in [-0.2, 0) is 4.79 Å². The van der Waals surface area contributed by atoms with Gasteiger partial charge in [-0.15, -0.1) is 0 Å². The molecule has 0 bridgehead atoms. The van der Waals surface area contributed by atoms with Crippen molar-refractivity contribution in [3.8, 4) is 5.69 Å². The van der Waals surface area contributed by atoms with Crippen LogP contribution in [0.1, 0.15) is 37.5 Å². The molecule has 1 atom stereocenters. The van der Waals surface area contributed by atoms with Gasteiger partial charge in [-0.2, -0.15) is 5.10 Å². The Kier molecular flexibility index (Phi) is 3.45. The van der Waals surface area contributed by atoms with Gasteiger partial charge in [0.15, 0.2) is 5.82 Å². The summed E-state index contributed by atoms with van der Waals surface area (Å²) in [4.78, 5) is 18.2. The molecule has 1 fully saturated rings. The molecule has 2 heterocycles. The lowest BCUT2D eigenvalue weighted by molar-refractivity contribution is -0.129. The molecule has 3 rings (SSSR count). The maximum atomic E-state index is 13.1. The number of hydrogen-bond acceptors (Lipinski definition) is 3. The number of halogens is 1. The molecular weight excluding hydrogens is 271 g/mol. The molecule has 0 saturated carbocycles. The Hall–Kier alpha value is -2.24. The molecule has 1 aliphatic heterocycles. The summed E-state index contributed by atoms with van der Waals surface area (Å²) in [6.07, 6.45) is 1.47. The molecule has 1 amide bonds. The predicted octanol–water partition coefficient (Wildman–Crippen LogP) is 2.40.